The number of carbonyl (C=O) groups is 1. The fraction of sp³-hybridized carbons (Fsp3) is 0.238. The maximum atomic E-state index is 12.3. The second-order valence-electron chi connectivity index (χ2n) is 6.22. The van der Waals surface area contributed by atoms with Crippen LogP contribution in [0.2, 0.25) is 0 Å². The Morgan fingerprint density at radius 1 is 1.19 bits per heavy atom. The first-order valence-electron chi connectivity index (χ1n) is 8.82. The molecule has 3 aromatic rings. The summed E-state index contributed by atoms with van der Waals surface area (Å²) < 4.78 is 10.6. The number of nitrogens with zero attached hydrogens (tertiary/aromatic N) is 1. The third-order valence-corrected chi connectivity index (χ3v) is 4.20. The zero-order chi connectivity index (χ0) is 19.1. The van der Waals surface area contributed by atoms with Gasteiger partial charge in [0.15, 0.2) is 5.69 Å². The van der Waals surface area contributed by atoms with E-state index >= 15 is 0 Å². The minimum Gasteiger partial charge on any atom is -0.497 e. The SMILES string of the molecule is COc1cccc(CCNC(=O)c2coc(C(N)Cc3ccccc3)n2)c1. The molecule has 3 rings (SSSR count). The number of aromatic nitrogens is 1. The molecular formula is C21H23N3O3. The van der Waals surface area contributed by atoms with Crippen molar-refractivity contribution >= 4 is 5.91 Å². The van der Waals surface area contributed by atoms with Crippen molar-refractivity contribution in [2.75, 3.05) is 13.7 Å². The number of oxazole rings is 1. The van der Waals surface area contributed by atoms with Gasteiger partial charge in [0, 0.05) is 6.54 Å². The maximum absolute atomic E-state index is 12.3. The molecule has 0 spiro atoms. The van der Waals surface area contributed by atoms with E-state index in [1.165, 1.54) is 6.26 Å². The van der Waals surface area contributed by atoms with Crippen molar-refractivity contribution in [1.82, 2.24) is 10.3 Å². The Bertz CT molecular complexity index is 877. The molecule has 0 aliphatic heterocycles. The highest BCUT2D eigenvalue weighted by atomic mass is 16.5. The van der Waals surface area contributed by atoms with Crippen LogP contribution in [0.3, 0.4) is 0 Å². The average Bonchev–Trinajstić information content (AvgIpc) is 3.19. The van der Waals surface area contributed by atoms with Gasteiger partial charge in [0.05, 0.1) is 13.2 Å². The molecule has 0 bridgehead atoms. The molecule has 0 aliphatic carbocycles. The van der Waals surface area contributed by atoms with Gasteiger partial charge in [0.2, 0.25) is 5.89 Å². The van der Waals surface area contributed by atoms with Crippen LogP contribution >= 0.6 is 0 Å². The first kappa shape index (κ1) is 18.7. The standard InChI is InChI=1S/C21H23N3O3/c1-26-17-9-5-8-16(12-17)10-11-23-20(25)19-14-27-21(24-19)18(22)13-15-6-3-2-4-7-15/h2-9,12,14,18H,10-11,13,22H2,1H3,(H,23,25). The van der Waals surface area contributed by atoms with Gasteiger partial charge in [0.25, 0.3) is 5.91 Å². The fourth-order valence-electron chi connectivity index (χ4n) is 2.76. The Morgan fingerprint density at radius 2 is 1.96 bits per heavy atom. The van der Waals surface area contributed by atoms with Gasteiger partial charge in [-0.15, -0.1) is 0 Å². The van der Waals surface area contributed by atoms with E-state index in [1.54, 1.807) is 7.11 Å². The van der Waals surface area contributed by atoms with E-state index in [9.17, 15) is 4.79 Å². The van der Waals surface area contributed by atoms with Crippen molar-refractivity contribution in [1.29, 1.82) is 0 Å². The summed E-state index contributed by atoms with van der Waals surface area (Å²) in [5.41, 5.74) is 8.55. The quantitative estimate of drug-likeness (QED) is 0.641. The van der Waals surface area contributed by atoms with Crippen LogP contribution in [-0.2, 0) is 12.8 Å². The predicted octanol–water partition coefficient (Wildman–Crippen LogP) is 2.90. The number of nitrogens with two attached hydrogens (primary N) is 1. The normalized spacial score (nSPS) is 11.8. The van der Waals surface area contributed by atoms with E-state index in [2.05, 4.69) is 10.3 Å². The molecule has 0 aliphatic rings. The van der Waals surface area contributed by atoms with Crippen molar-refractivity contribution in [2.24, 2.45) is 5.73 Å². The van der Waals surface area contributed by atoms with Crippen molar-refractivity contribution in [3.63, 3.8) is 0 Å². The molecule has 27 heavy (non-hydrogen) atoms. The molecule has 1 atom stereocenters. The Labute approximate surface area is 158 Å². The van der Waals surface area contributed by atoms with Crippen LogP contribution in [0.15, 0.2) is 65.3 Å². The number of ether oxygens (including phenoxy) is 1. The first-order chi connectivity index (χ1) is 13.2. The number of hydrogen-bond acceptors (Lipinski definition) is 5. The summed E-state index contributed by atoms with van der Waals surface area (Å²) in [4.78, 5) is 16.5. The summed E-state index contributed by atoms with van der Waals surface area (Å²) in [6.07, 6.45) is 2.64. The van der Waals surface area contributed by atoms with Crippen molar-refractivity contribution < 1.29 is 13.9 Å². The third-order valence-electron chi connectivity index (χ3n) is 4.20. The molecule has 3 N–H and O–H groups in total. The molecule has 0 saturated carbocycles. The van der Waals surface area contributed by atoms with Crippen molar-refractivity contribution in [3.05, 3.63) is 83.6 Å². The van der Waals surface area contributed by atoms with Gasteiger partial charge in [-0.3, -0.25) is 4.79 Å². The van der Waals surface area contributed by atoms with Crippen molar-refractivity contribution in [3.8, 4) is 5.75 Å². The summed E-state index contributed by atoms with van der Waals surface area (Å²) in [5.74, 6) is 0.879. The van der Waals surface area contributed by atoms with E-state index in [4.69, 9.17) is 14.9 Å². The topological polar surface area (TPSA) is 90.4 Å². The highest BCUT2D eigenvalue weighted by Gasteiger charge is 2.17. The van der Waals surface area contributed by atoms with Crippen LogP contribution in [-0.4, -0.2) is 24.5 Å². The molecule has 1 heterocycles. The summed E-state index contributed by atoms with van der Waals surface area (Å²) in [5, 5.41) is 2.84. The average molecular weight is 365 g/mol. The van der Waals surface area contributed by atoms with E-state index in [1.807, 2.05) is 54.6 Å². The Hall–Kier alpha value is -3.12. The molecule has 0 radical (unpaired) electrons. The van der Waals surface area contributed by atoms with Gasteiger partial charge in [-0.2, -0.15) is 0 Å². The lowest BCUT2D eigenvalue weighted by Gasteiger charge is -2.07. The molecule has 140 valence electrons. The molecule has 6 heteroatoms. The molecule has 0 fully saturated rings. The monoisotopic (exact) mass is 365 g/mol. The van der Waals surface area contributed by atoms with Gasteiger partial charge in [-0.1, -0.05) is 42.5 Å². The van der Waals surface area contributed by atoms with Gasteiger partial charge in [-0.25, -0.2) is 4.98 Å². The van der Waals surface area contributed by atoms with Crippen LogP contribution in [0.1, 0.15) is 33.5 Å². The summed E-state index contributed by atoms with van der Waals surface area (Å²) in [6.45, 7) is 0.490. The van der Waals surface area contributed by atoms with Crippen LogP contribution in [0.5, 0.6) is 5.75 Å². The fourth-order valence-corrected chi connectivity index (χ4v) is 2.76. The molecule has 1 amide bonds. The van der Waals surface area contributed by atoms with Crippen LogP contribution in [0, 0.1) is 0 Å². The highest BCUT2D eigenvalue weighted by Crippen LogP contribution is 2.16. The van der Waals surface area contributed by atoms with E-state index in [-0.39, 0.29) is 11.6 Å². The zero-order valence-corrected chi connectivity index (χ0v) is 15.2. The molecular weight excluding hydrogens is 342 g/mol. The lowest BCUT2D eigenvalue weighted by atomic mass is 10.1. The van der Waals surface area contributed by atoms with Gasteiger partial charge in [0.1, 0.15) is 12.0 Å². The molecule has 2 aromatic carbocycles. The predicted molar refractivity (Wildman–Crippen MR) is 103 cm³/mol. The Balaban J connectivity index is 1.52. The van der Waals surface area contributed by atoms with Crippen LogP contribution < -0.4 is 15.8 Å². The summed E-state index contributed by atoms with van der Waals surface area (Å²) in [6, 6.07) is 17.2. The van der Waals surface area contributed by atoms with Crippen LogP contribution in [0.25, 0.3) is 0 Å². The lowest BCUT2D eigenvalue weighted by Crippen LogP contribution is -2.26. The van der Waals surface area contributed by atoms with E-state index in [0.717, 1.165) is 16.9 Å². The van der Waals surface area contributed by atoms with Gasteiger partial charge < -0.3 is 20.2 Å². The molecule has 1 aromatic heterocycles. The number of methoxy groups -OCH3 is 1. The number of rotatable bonds is 8. The third kappa shape index (κ3) is 5.18. The van der Waals surface area contributed by atoms with Gasteiger partial charge in [-0.05, 0) is 36.1 Å². The second kappa shape index (κ2) is 9.00. The number of hydrogen-bond donors (Lipinski definition) is 2. The van der Waals surface area contributed by atoms with E-state index < -0.39 is 6.04 Å². The minimum absolute atomic E-state index is 0.235. The first-order valence-corrected chi connectivity index (χ1v) is 8.82. The summed E-state index contributed by atoms with van der Waals surface area (Å²) in [7, 11) is 1.63. The lowest BCUT2D eigenvalue weighted by molar-refractivity contribution is 0.0949. The Kier molecular flexibility index (Phi) is 6.22. The largest absolute Gasteiger partial charge is 0.497 e. The van der Waals surface area contributed by atoms with Crippen LogP contribution in [0.4, 0.5) is 0 Å². The number of carbonyl (C=O) groups excluding carboxylic acids is 1. The van der Waals surface area contributed by atoms with Crippen molar-refractivity contribution in [2.45, 2.75) is 18.9 Å². The maximum Gasteiger partial charge on any atom is 0.273 e. The minimum atomic E-state index is -0.397. The highest BCUT2D eigenvalue weighted by molar-refractivity contribution is 5.91. The number of benzene rings is 2. The number of amides is 1. The second-order valence-corrected chi connectivity index (χ2v) is 6.22. The van der Waals surface area contributed by atoms with E-state index in [0.29, 0.717) is 25.3 Å². The zero-order valence-electron chi connectivity index (χ0n) is 15.2. The summed E-state index contributed by atoms with van der Waals surface area (Å²) >= 11 is 0. The number of nitrogens with one attached hydrogen (secondary N) is 1. The molecule has 1 unspecified atom stereocenters. The smallest absolute Gasteiger partial charge is 0.273 e. The molecule has 0 saturated heterocycles. The van der Waals surface area contributed by atoms with Gasteiger partial charge >= 0.3 is 0 Å². The molecule has 6 nitrogen and oxygen atoms in total. The Morgan fingerprint density at radius 3 is 2.74 bits per heavy atom.